The molecule has 0 heterocycles. The van der Waals surface area contributed by atoms with Gasteiger partial charge in [-0.15, -0.1) is 0 Å². The van der Waals surface area contributed by atoms with Crippen LogP contribution in [0.3, 0.4) is 0 Å². The number of rotatable bonds is 4. The van der Waals surface area contributed by atoms with Gasteiger partial charge in [-0.05, 0) is 24.8 Å². The normalized spacial score (nSPS) is 14.5. The van der Waals surface area contributed by atoms with Gasteiger partial charge in [0.1, 0.15) is 11.6 Å². The van der Waals surface area contributed by atoms with Gasteiger partial charge < -0.3 is 15.7 Å². The van der Waals surface area contributed by atoms with E-state index in [1.807, 2.05) is 0 Å². The molecule has 1 aliphatic rings. The number of urea groups is 1. The quantitative estimate of drug-likeness (QED) is 0.795. The molecule has 0 radical (unpaired) electrons. The van der Waals surface area contributed by atoms with Crippen molar-refractivity contribution in [2.24, 2.45) is 5.92 Å². The molecule has 1 fully saturated rings. The van der Waals surface area contributed by atoms with Gasteiger partial charge in [0.15, 0.2) is 0 Å². The fourth-order valence-electron chi connectivity index (χ4n) is 1.91. The number of carboxylic acids is 1. The number of halogens is 2. The van der Waals surface area contributed by atoms with Gasteiger partial charge in [0.25, 0.3) is 0 Å². The maximum atomic E-state index is 13.5. The van der Waals surface area contributed by atoms with Gasteiger partial charge in [-0.3, -0.25) is 0 Å². The van der Waals surface area contributed by atoms with Crippen molar-refractivity contribution in [1.82, 2.24) is 5.32 Å². The number of hydrogen-bond acceptors (Lipinski definition) is 2. The minimum atomic E-state index is -1.53. The molecule has 2 amide bonds. The van der Waals surface area contributed by atoms with Crippen molar-refractivity contribution in [2.75, 3.05) is 11.9 Å². The molecule has 1 aromatic rings. The maximum Gasteiger partial charge on any atom is 0.338 e. The Bertz CT molecular complexity index is 545. The van der Waals surface area contributed by atoms with E-state index in [0.717, 1.165) is 25.3 Å². The van der Waals surface area contributed by atoms with Crippen molar-refractivity contribution in [1.29, 1.82) is 0 Å². The zero-order chi connectivity index (χ0) is 14.7. The number of carbonyl (C=O) groups excluding carboxylic acids is 1. The average molecular weight is 284 g/mol. The molecule has 0 aromatic heterocycles. The number of aromatic carboxylic acids is 1. The van der Waals surface area contributed by atoms with Crippen LogP contribution in [0.25, 0.3) is 0 Å². The molecule has 0 bridgehead atoms. The second-order valence-electron chi connectivity index (χ2n) is 4.75. The molecule has 1 saturated carbocycles. The molecule has 20 heavy (non-hydrogen) atoms. The number of hydrogen-bond donors (Lipinski definition) is 3. The molecule has 0 atom stereocenters. The fourth-order valence-corrected chi connectivity index (χ4v) is 1.91. The van der Waals surface area contributed by atoms with Crippen molar-refractivity contribution in [3.8, 4) is 0 Å². The van der Waals surface area contributed by atoms with Gasteiger partial charge in [0, 0.05) is 12.6 Å². The van der Waals surface area contributed by atoms with Crippen LogP contribution in [0.2, 0.25) is 0 Å². The van der Waals surface area contributed by atoms with Crippen LogP contribution in [0.15, 0.2) is 12.1 Å². The Morgan fingerprint density at radius 2 is 1.95 bits per heavy atom. The molecule has 0 aliphatic heterocycles. The van der Waals surface area contributed by atoms with E-state index < -0.39 is 29.2 Å². The lowest BCUT2D eigenvalue weighted by molar-refractivity contribution is 0.0692. The van der Waals surface area contributed by atoms with E-state index in [1.54, 1.807) is 0 Å². The summed E-state index contributed by atoms with van der Waals surface area (Å²) in [6.45, 7) is 0.487. The molecular weight excluding hydrogens is 270 g/mol. The number of amides is 2. The van der Waals surface area contributed by atoms with E-state index in [1.165, 1.54) is 0 Å². The fraction of sp³-hybridized carbons (Fsp3) is 0.385. The summed E-state index contributed by atoms with van der Waals surface area (Å²) in [6.07, 6.45) is 3.24. The third-order valence-electron chi connectivity index (χ3n) is 3.31. The van der Waals surface area contributed by atoms with Gasteiger partial charge in [-0.1, -0.05) is 6.42 Å². The Labute approximate surface area is 114 Å². The lowest BCUT2D eigenvalue weighted by atomic mass is 9.85. The standard InChI is InChI=1S/C13H14F2N2O3/c14-9-5-10(15)11(4-8(9)12(18)19)17-13(20)16-6-7-2-1-3-7/h4-5,7H,1-3,6H2,(H,18,19)(H2,16,17,20). The van der Waals surface area contributed by atoms with Crippen molar-refractivity contribution >= 4 is 17.7 Å². The highest BCUT2D eigenvalue weighted by Gasteiger charge is 2.19. The molecule has 108 valence electrons. The summed E-state index contributed by atoms with van der Waals surface area (Å²) in [4.78, 5) is 22.3. The molecule has 5 nitrogen and oxygen atoms in total. The lowest BCUT2D eigenvalue weighted by Gasteiger charge is -2.25. The molecule has 2 rings (SSSR count). The van der Waals surface area contributed by atoms with Gasteiger partial charge in [0.05, 0.1) is 11.3 Å². The Hall–Kier alpha value is -2.18. The third kappa shape index (κ3) is 3.23. The Kier molecular flexibility index (Phi) is 4.16. The van der Waals surface area contributed by atoms with Crippen LogP contribution >= 0.6 is 0 Å². The van der Waals surface area contributed by atoms with E-state index in [-0.39, 0.29) is 5.69 Å². The first-order valence-electron chi connectivity index (χ1n) is 6.24. The van der Waals surface area contributed by atoms with Crippen LogP contribution in [0.4, 0.5) is 19.3 Å². The smallest absolute Gasteiger partial charge is 0.338 e. The lowest BCUT2D eigenvalue weighted by Crippen LogP contribution is -2.35. The first-order valence-corrected chi connectivity index (χ1v) is 6.24. The largest absolute Gasteiger partial charge is 0.478 e. The molecule has 1 aromatic carbocycles. The van der Waals surface area contributed by atoms with Crippen molar-refractivity contribution in [3.05, 3.63) is 29.3 Å². The number of benzene rings is 1. The summed E-state index contributed by atoms with van der Waals surface area (Å²) in [7, 11) is 0. The topological polar surface area (TPSA) is 78.4 Å². The number of carbonyl (C=O) groups is 2. The molecular formula is C13H14F2N2O3. The molecule has 0 unspecified atom stereocenters. The minimum absolute atomic E-state index is 0.366. The Morgan fingerprint density at radius 3 is 2.50 bits per heavy atom. The van der Waals surface area contributed by atoms with Crippen LogP contribution in [0.1, 0.15) is 29.6 Å². The van der Waals surface area contributed by atoms with E-state index in [9.17, 15) is 18.4 Å². The predicted octanol–water partition coefficient (Wildman–Crippen LogP) is 2.58. The van der Waals surface area contributed by atoms with Gasteiger partial charge in [0.2, 0.25) is 0 Å². The van der Waals surface area contributed by atoms with E-state index in [2.05, 4.69) is 10.6 Å². The summed E-state index contributed by atoms with van der Waals surface area (Å²) in [6, 6.07) is 0.555. The Morgan fingerprint density at radius 1 is 1.25 bits per heavy atom. The van der Waals surface area contributed by atoms with Crippen LogP contribution in [0, 0.1) is 17.6 Å². The van der Waals surface area contributed by atoms with Gasteiger partial charge >= 0.3 is 12.0 Å². The first kappa shape index (κ1) is 14.2. The Balaban J connectivity index is 2.02. The van der Waals surface area contributed by atoms with E-state index in [0.29, 0.717) is 18.5 Å². The maximum absolute atomic E-state index is 13.5. The summed E-state index contributed by atoms with van der Waals surface area (Å²) in [5.41, 5.74) is -1.06. The summed E-state index contributed by atoms with van der Waals surface area (Å²) in [5.74, 6) is -3.30. The number of anilines is 1. The average Bonchev–Trinajstić information content (AvgIpc) is 2.30. The van der Waals surface area contributed by atoms with Crippen LogP contribution in [-0.2, 0) is 0 Å². The molecule has 3 N–H and O–H groups in total. The van der Waals surface area contributed by atoms with Crippen molar-refractivity contribution < 1.29 is 23.5 Å². The SMILES string of the molecule is O=C(NCC1CCC1)Nc1cc(C(=O)O)c(F)cc1F. The first-order chi connectivity index (χ1) is 9.47. The zero-order valence-corrected chi connectivity index (χ0v) is 10.6. The molecule has 0 spiro atoms. The summed E-state index contributed by atoms with van der Waals surface area (Å²) < 4.78 is 26.6. The van der Waals surface area contributed by atoms with E-state index in [4.69, 9.17) is 5.11 Å². The molecule has 7 heteroatoms. The highest BCUT2D eigenvalue weighted by atomic mass is 19.1. The second kappa shape index (κ2) is 5.85. The minimum Gasteiger partial charge on any atom is -0.478 e. The highest BCUT2D eigenvalue weighted by Crippen LogP contribution is 2.25. The van der Waals surface area contributed by atoms with Crippen molar-refractivity contribution in [3.63, 3.8) is 0 Å². The highest BCUT2D eigenvalue weighted by molar-refractivity contribution is 5.93. The zero-order valence-electron chi connectivity index (χ0n) is 10.6. The van der Waals surface area contributed by atoms with Gasteiger partial charge in [-0.25, -0.2) is 18.4 Å². The van der Waals surface area contributed by atoms with E-state index >= 15 is 0 Å². The molecule has 1 aliphatic carbocycles. The van der Waals surface area contributed by atoms with Crippen LogP contribution in [0.5, 0.6) is 0 Å². The monoisotopic (exact) mass is 284 g/mol. The number of nitrogens with one attached hydrogen (secondary N) is 2. The second-order valence-corrected chi connectivity index (χ2v) is 4.75. The van der Waals surface area contributed by atoms with Crippen LogP contribution < -0.4 is 10.6 Å². The molecule has 0 saturated heterocycles. The van der Waals surface area contributed by atoms with Crippen LogP contribution in [-0.4, -0.2) is 23.7 Å². The van der Waals surface area contributed by atoms with Gasteiger partial charge in [-0.2, -0.15) is 0 Å². The van der Waals surface area contributed by atoms with Crippen molar-refractivity contribution in [2.45, 2.75) is 19.3 Å². The summed E-state index contributed by atoms with van der Waals surface area (Å²) >= 11 is 0. The third-order valence-corrected chi connectivity index (χ3v) is 3.31. The number of carboxylic acid groups (broad SMARTS) is 1. The summed E-state index contributed by atoms with van der Waals surface area (Å²) in [5, 5.41) is 13.5. The predicted molar refractivity (Wildman–Crippen MR) is 67.7 cm³/mol.